The van der Waals surface area contributed by atoms with E-state index in [2.05, 4.69) is 34.6 Å². The molecule has 1 aromatic heterocycles. The van der Waals surface area contributed by atoms with Crippen molar-refractivity contribution in [3.8, 4) is 0 Å². The Hall–Kier alpha value is -1.42. The van der Waals surface area contributed by atoms with Crippen LogP contribution in [0.2, 0.25) is 5.02 Å². The highest BCUT2D eigenvalue weighted by atomic mass is 35.5. The van der Waals surface area contributed by atoms with Gasteiger partial charge in [0.2, 0.25) is 0 Å². The highest BCUT2D eigenvalue weighted by Crippen LogP contribution is 2.42. The van der Waals surface area contributed by atoms with Gasteiger partial charge in [-0.25, -0.2) is 0 Å². The predicted molar refractivity (Wildman–Crippen MR) is 101 cm³/mol. The Balaban J connectivity index is 1.34. The molecule has 1 N–H and O–H groups in total. The summed E-state index contributed by atoms with van der Waals surface area (Å²) < 4.78 is 5.61. The van der Waals surface area contributed by atoms with Crippen molar-refractivity contribution in [1.29, 1.82) is 0 Å². The van der Waals surface area contributed by atoms with Gasteiger partial charge >= 0.3 is 0 Å². The van der Waals surface area contributed by atoms with Gasteiger partial charge in [0.15, 0.2) is 0 Å². The van der Waals surface area contributed by atoms with Gasteiger partial charge in [0.1, 0.15) is 0 Å². The van der Waals surface area contributed by atoms with Gasteiger partial charge in [-0.1, -0.05) is 29.8 Å². The fourth-order valence-corrected chi connectivity index (χ4v) is 4.19. The zero-order valence-electron chi connectivity index (χ0n) is 14.5. The number of hydrogen-bond acceptors (Lipinski definition) is 3. The number of nitrogens with one attached hydrogen (secondary N) is 1. The van der Waals surface area contributed by atoms with E-state index in [1.807, 2.05) is 24.4 Å². The molecule has 4 rings (SSSR count). The first-order valence-corrected chi connectivity index (χ1v) is 9.63. The van der Waals surface area contributed by atoms with Crippen LogP contribution in [-0.4, -0.2) is 30.8 Å². The number of ether oxygens (including phenoxy) is 1. The molecule has 1 aliphatic carbocycles. The van der Waals surface area contributed by atoms with Crippen LogP contribution in [0.25, 0.3) is 0 Å². The molecule has 2 heterocycles. The molecule has 2 fully saturated rings. The number of hydrogen-bond donors (Lipinski definition) is 1. The fraction of sp³-hybridized carbons (Fsp3) is 0.476. The zero-order chi connectivity index (χ0) is 17.1. The molecule has 1 aliphatic heterocycles. The molecule has 2 aliphatic rings. The van der Waals surface area contributed by atoms with Crippen LogP contribution in [0.3, 0.4) is 0 Å². The van der Waals surface area contributed by atoms with Gasteiger partial charge < -0.3 is 10.1 Å². The van der Waals surface area contributed by atoms with Gasteiger partial charge in [0, 0.05) is 47.5 Å². The Bertz CT molecular complexity index is 683. The summed E-state index contributed by atoms with van der Waals surface area (Å²) in [6.45, 7) is 2.71. The lowest BCUT2D eigenvalue weighted by Gasteiger charge is -2.37. The highest BCUT2D eigenvalue weighted by molar-refractivity contribution is 6.30. The molecule has 3 nitrogen and oxygen atoms in total. The molecule has 4 heteroatoms. The maximum Gasteiger partial charge on any atom is 0.0475 e. The fourth-order valence-electron chi connectivity index (χ4n) is 4.07. The standard InChI is InChI=1S/C21H25ClN2O/c22-17-6-4-16(5-7-17)18-15-19(18)23-12-8-21(9-13-25-14-10-21)20-3-1-2-11-24-20/h1-7,11,18-19,23H,8-10,12-15H2/t18-,19+/m0/s1. The van der Waals surface area contributed by atoms with Crippen molar-refractivity contribution in [1.82, 2.24) is 10.3 Å². The van der Waals surface area contributed by atoms with Crippen LogP contribution in [0.15, 0.2) is 48.7 Å². The zero-order valence-corrected chi connectivity index (χ0v) is 15.2. The lowest BCUT2D eigenvalue weighted by molar-refractivity contribution is 0.0453. The Morgan fingerprint density at radius 1 is 1.12 bits per heavy atom. The number of rotatable bonds is 6. The molecule has 132 valence electrons. The van der Waals surface area contributed by atoms with E-state index in [0.717, 1.165) is 44.0 Å². The molecule has 1 aromatic carbocycles. The average molecular weight is 357 g/mol. The second kappa shape index (κ2) is 7.45. The summed E-state index contributed by atoms with van der Waals surface area (Å²) in [6, 6.07) is 15.2. The van der Waals surface area contributed by atoms with Crippen LogP contribution >= 0.6 is 11.6 Å². The quantitative estimate of drug-likeness (QED) is 0.837. The van der Waals surface area contributed by atoms with E-state index in [-0.39, 0.29) is 5.41 Å². The first-order valence-electron chi connectivity index (χ1n) is 9.25. The number of aromatic nitrogens is 1. The lowest BCUT2D eigenvalue weighted by atomic mass is 9.74. The van der Waals surface area contributed by atoms with E-state index in [9.17, 15) is 0 Å². The lowest BCUT2D eigenvalue weighted by Crippen LogP contribution is -2.38. The molecule has 0 amide bonds. The molecule has 0 unspecified atom stereocenters. The summed E-state index contributed by atoms with van der Waals surface area (Å²) in [4.78, 5) is 4.66. The molecular formula is C21H25ClN2O. The van der Waals surface area contributed by atoms with Crippen molar-refractivity contribution in [2.75, 3.05) is 19.8 Å². The van der Waals surface area contributed by atoms with Crippen molar-refractivity contribution in [2.24, 2.45) is 0 Å². The molecule has 1 saturated heterocycles. The minimum absolute atomic E-state index is 0.164. The van der Waals surface area contributed by atoms with Gasteiger partial charge in [0.05, 0.1) is 0 Å². The van der Waals surface area contributed by atoms with Gasteiger partial charge in [-0.05, 0) is 62.1 Å². The highest BCUT2D eigenvalue weighted by Gasteiger charge is 2.39. The summed E-state index contributed by atoms with van der Waals surface area (Å²) in [6.07, 6.45) is 6.39. The van der Waals surface area contributed by atoms with Gasteiger partial charge in [0.25, 0.3) is 0 Å². The van der Waals surface area contributed by atoms with Gasteiger partial charge in [-0.3, -0.25) is 4.98 Å². The molecule has 1 saturated carbocycles. The van der Waals surface area contributed by atoms with Crippen molar-refractivity contribution in [2.45, 2.75) is 43.1 Å². The number of nitrogens with zero attached hydrogens (tertiary/aromatic N) is 1. The van der Waals surface area contributed by atoms with Gasteiger partial charge in [-0.15, -0.1) is 0 Å². The summed E-state index contributed by atoms with van der Waals surface area (Å²) in [5.74, 6) is 0.637. The first kappa shape index (κ1) is 17.0. The maximum atomic E-state index is 5.98. The molecule has 0 spiro atoms. The normalized spacial score (nSPS) is 24.8. The minimum atomic E-state index is 0.164. The Kier molecular flexibility index (Phi) is 5.07. The molecule has 25 heavy (non-hydrogen) atoms. The molecule has 0 radical (unpaired) electrons. The van der Waals surface area contributed by atoms with E-state index >= 15 is 0 Å². The average Bonchev–Trinajstić information content (AvgIpc) is 3.43. The van der Waals surface area contributed by atoms with Crippen molar-refractivity contribution in [3.05, 3.63) is 64.9 Å². The monoisotopic (exact) mass is 356 g/mol. The predicted octanol–water partition coefficient (Wildman–Crippen LogP) is 4.32. The van der Waals surface area contributed by atoms with Crippen molar-refractivity contribution >= 4 is 11.6 Å². The van der Waals surface area contributed by atoms with Crippen LogP contribution in [0.4, 0.5) is 0 Å². The van der Waals surface area contributed by atoms with Crippen LogP contribution in [0.1, 0.15) is 42.9 Å². The van der Waals surface area contributed by atoms with E-state index < -0.39 is 0 Å². The topological polar surface area (TPSA) is 34.2 Å². The van der Waals surface area contributed by atoms with Crippen molar-refractivity contribution in [3.63, 3.8) is 0 Å². The van der Waals surface area contributed by atoms with Crippen LogP contribution in [0.5, 0.6) is 0 Å². The largest absolute Gasteiger partial charge is 0.381 e. The third-order valence-electron chi connectivity index (χ3n) is 5.76. The Morgan fingerprint density at radius 2 is 1.92 bits per heavy atom. The molecular weight excluding hydrogens is 332 g/mol. The number of halogens is 1. The summed E-state index contributed by atoms with van der Waals surface area (Å²) >= 11 is 5.98. The molecule has 0 bridgehead atoms. The van der Waals surface area contributed by atoms with Crippen LogP contribution in [0, 0.1) is 0 Å². The molecule has 2 atom stereocenters. The van der Waals surface area contributed by atoms with E-state index in [4.69, 9.17) is 16.3 Å². The summed E-state index contributed by atoms with van der Waals surface area (Å²) in [7, 11) is 0. The first-order chi connectivity index (χ1) is 12.3. The third kappa shape index (κ3) is 3.89. The summed E-state index contributed by atoms with van der Waals surface area (Å²) in [5.41, 5.74) is 2.79. The Morgan fingerprint density at radius 3 is 2.64 bits per heavy atom. The van der Waals surface area contributed by atoms with E-state index in [1.54, 1.807) is 0 Å². The maximum absolute atomic E-state index is 5.98. The number of pyridine rings is 1. The molecule has 2 aromatic rings. The van der Waals surface area contributed by atoms with E-state index in [1.165, 1.54) is 17.7 Å². The smallest absolute Gasteiger partial charge is 0.0475 e. The third-order valence-corrected chi connectivity index (χ3v) is 6.01. The second-order valence-electron chi connectivity index (χ2n) is 7.31. The van der Waals surface area contributed by atoms with Crippen LogP contribution < -0.4 is 5.32 Å². The second-order valence-corrected chi connectivity index (χ2v) is 7.75. The Labute approximate surface area is 154 Å². The van der Waals surface area contributed by atoms with Crippen LogP contribution in [-0.2, 0) is 10.2 Å². The van der Waals surface area contributed by atoms with Gasteiger partial charge in [-0.2, -0.15) is 0 Å². The SMILES string of the molecule is Clc1ccc([C@@H]2C[C@H]2NCCC2(c3ccccn3)CCOCC2)cc1. The summed E-state index contributed by atoms with van der Waals surface area (Å²) in [5, 5.41) is 4.57. The van der Waals surface area contributed by atoms with Crippen molar-refractivity contribution < 1.29 is 4.74 Å². The minimum Gasteiger partial charge on any atom is -0.381 e. The van der Waals surface area contributed by atoms with E-state index in [0.29, 0.717) is 12.0 Å². The number of benzene rings is 1.